The Bertz CT molecular complexity index is 441. The zero-order chi connectivity index (χ0) is 14.0. The third kappa shape index (κ3) is 3.39. The molecule has 1 saturated carbocycles. The largest absolute Gasteiger partial charge is 0.347 e. The van der Waals surface area contributed by atoms with Gasteiger partial charge in [0.05, 0.1) is 23.4 Å². The SMILES string of the molecule is Cc1nc(CNC[C@@H]2COC3(CCC(C)CC3)O2)cs1. The van der Waals surface area contributed by atoms with E-state index >= 15 is 0 Å². The van der Waals surface area contributed by atoms with E-state index in [2.05, 4.69) is 22.6 Å². The summed E-state index contributed by atoms with van der Waals surface area (Å²) in [7, 11) is 0. The van der Waals surface area contributed by atoms with Crippen LogP contribution in [0.15, 0.2) is 5.38 Å². The molecule has 0 radical (unpaired) electrons. The first-order valence-corrected chi connectivity index (χ1v) is 8.47. The topological polar surface area (TPSA) is 43.4 Å². The smallest absolute Gasteiger partial charge is 0.168 e. The molecule has 1 saturated heterocycles. The molecule has 1 aromatic heterocycles. The first kappa shape index (κ1) is 14.4. The number of hydrogen-bond acceptors (Lipinski definition) is 5. The second-order valence-corrected chi connectivity index (χ2v) is 7.20. The summed E-state index contributed by atoms with van der Waals surface area (Å²) in [4.78, 5) is 4.45. The van der Waals surface area contributed by atoms with Gasteiger partial charge < -0.3 is 14.8 Å². The van der Waals surface area contributed by atoms with Crippen LogP contribution in [0.25, 0.3) is 0 Å². The molecule has 2 heterocycles. The standard InChI is InChI=1S/C15H24N2O2S/c1-11-3-5-15(6-4-11)18-9-14(19-15)8-16-7-13-10-20-12(2)17-13/h10-11,14,16H,3-9H2,1-2H3/t11?,14-,15?/m1/s1. The first-order valence-electron chi connectivity index (χ1n) is 7.59. The zero-order valence-corrected chi connectivity index (χ0v) is 13.2. The highest BCUT2D eigenvalue weighted by atomic mass is 32.1. The van der Waals surface area contributed by atoms with Crippen LogP contribution in [0.2, 0.25) is 0 Å². The van der Waals surface area contributed by atoms with Crippen LogP contribution >= 0.6 is 11.3 Å². The van der Waals surface area contributed by atoms with E-state index in [1.54, 1.807) is 11.3 Å². The van der Waals surface area contributed by atoms with Crippen molar-refractivity contribution in [2.24, 2.45) is 5.92 Å². The van der Waals surface area contributed by atoms with Crippen molar-refractivity contribution in [2.75, 3.05) is 13.2 Å². The maximum atomic E-state index is 6.18. The molecule has 0 bridgehead atoms. The summed E-state index contributed by atoms with van der Waals surface area (Å²) in [6.07, 6.45) is 4.73. The minimum Gasteiger partial charge on any atom is -0.347 e. The van der Waals surface area contributed by atoms with E-state index in [0.29, 0.717) is 0 Å². The third-order valence-electron chi connectivity index (χ3n) is 4.29. The van der Waals surface area contributed by atoms with E-state index < -0.39 is 0 Å². The fourth-order valence-corrected chi connectivity index (χ4v) is 3.64. The van der Waals surface area contributed by atoms with E-state index in [4.69, 9.17) is 9.47 Å². The molecule has 2 aliphatic rings. The lowest BCUT2D eigenvalue weighted by molar-refractivity contribution is -0.191. The molecule has 0 amide bonds. The molecule has 1 aromatic rings. The minimum absolute atomic E-state index is 0.183. The molecule has 1 atom stereocenters. The predicted octanol–water partition coefficient (Wildman–Crippen LogP) is 2.86. The molecule has 20 heavy (non-hydrogen) atoms. The number of nitrogens with zero attached hydrogens (tertiary/aromatic N) is 1. The molecule has 2 fully saturated rings. The summed E-state index contributed by atoms with van der Waals surface area (Å²) in [6.45, 7) is 6.73. The van der Waals surface area contributed by atoms with Gasteiger partial charge in [-0.15, -0.1) is 11.3 Å². The van der Waals surface area contributed by atoms with Crippen molar-refractivity contribution in [3.8, 4) is 0 Å². The van der Waals surface area contributed by atoms with Crippen molar-refractivity contribution in [2.45, 2.75) is 58.0 Å². The van der Waals surface area contributed by atoms with Crippen LogP contribution < -0.4 is 5.32 Å². The number of aryl methyl sites for hydroxylation is 1. The van der Waals surface area contributed by atoms with Gasteiger partial charge in [-0.25, -0.2) is 4.98 Å². The third-order valence-corrected chi connectivity index (χ3v) is 5.12. The van der Waals surface area contributed by atoms with Gasteiger partial charge in [-0.3, -0.25) is 0 Å². The molecule has 1 aliphatic carbocycles. The van der Waals surface area contributed by atoms with Gasteiger partial charge in [0.25, 0.3) is 0 Å². The summed E-state index contributed by atoms with van der Waals surface area (Å²) >= 11 is 1.70. The van der Waals surface area contributed by atoms with Gasteiger partial charge in [-0.05, 0) is 25.7 Å². The van der Waals surface area contributed by atoms with Crippen LogP contribution in [0.4, 0.5) is 0 Å². The number of hydrogen-bond donors (Lipinski definition) is 1. The molecular formula is C15H24N2O2S. The first-order chi connectivity index (χ1) is 9.65. The van der Waals surface area contributed by atoms with Gasteiger partial charge in [0.15, 0.2) is 5.79 Å². The molecular weight excluding hydrogens is 272 g/mol. The molecule has 112 valence electrons. The molecule has 1 spiro atoms. The Morgan fingerprint density at radius 3 is 2.95 bits per heavy atom. The lowest BCUT2D eigenvalue weighted by Crippen LogP contribution is -2.37. The summed E-state index contributed by atoms with van der Waals surface area (Å²) in [5.41, 5.74) is 1.12. The lowest BCUT2D eigenvalue weighted by atomic mass is 9.86. The Morgan fingerprint density at radius 2 is 2.25 bits per heavy atom. The highest BCUT2D eigenvalue weighted by molar-refractivity contribution is 7.09. The van der Waals surface area contributed by atoms with Crippen molar-refractivity contribution in [1.82, 2.24) is 10.3 Å². The van der Waals surface area contributed by atoms with Gasteiger partial charge in [-0.2, -0.15) is 0 Å². The molecule has 3 rings (SSSR count). The van der Waals surface area contributed by atoms with E-state index in [-0.39, 0.29) is 11.9 Å². The quantitative estimate of drug-likeness (QED) is 0.928. The van der Waals surface area contributed by atoms with Crippen molar-refractivity contribution in [3.63, 3.8) is 0 Å². The van der Waals surface area contributed by atoms with Crippen molar-refractivity contribution >= 4 is 11.3 Å². The fraction of sp³-hybridized carbons (Fsp3) is 0.800. The maximum absolute atomic E-state index is 6.18. The molecule has 5 heteroatoms. The van der Waals surface area contributed by atoms with Crippen molar-refractivity contribution < 1.29 is 9.47 Å². The lowest BCUT2D eigenvalue weighted by Gasteiger charge is -2.34. The van der Waals surface area contributed by atoms with Crippen LogP contribution in [-0.2, 0) is 16.0 Å². The summed E-state index contributed by atoms with van der Waals surface area (Å²) in [5.74, 6) is 0.550. The highest BCUT2D eigenvalue weighted by Crippen LogP contribution is 2.39. The number of aromatic nitrogens is 1. The number of rotatable bonds is 4. The molecule has 1 N–H and O–H groups in total. The summed E-state index contributed by atoms with van der Waals surface area (Å²) in [5, 5.41) is 6.66. The van der Waals surface area contributed by atoms with Crippen LogP contribution in [0.1, 0.15) is 43.3 Å². The Kier molecular flexibility index (Phi) is 4.40. The fourth-order valence-electron chi connectivity index (χ4n) is 3.03. The van der Waals surface area contributed by atoms with E-state index in [9.17, 15) is 0 Å². The molecule has 1 aliphatic heterocycles. The number of nitrogens with one attached hydrogen (secondary N) is 1. The van der Waals surface area contributed by atoms with Gasteiger partial charge in [-0.1, -0.05) is 6.92 Å². The van der Waals surface area contributed by atoms with E-state index in [0.717, 1.165) is 49.2 Å². The van der Waals surface area contributed by atoms with Crippen molar-refractivity contribution in [3.05, 3.63) is 16.1 Å². The van der Waals surface area contributed by atoms with Crippen LogP contribution in [0, 0.1) is 12.8 Å². The number of ether oxygens (including phenoxy) is 2. The normalized spacial score (nSPS) is 33.9. The van der Waals surface area contributed by atoms with E-state index in [1.165, 1.54) is 12.8 Å². The zero-order valence-electron chi connectivity index (χ0n) is 12.4. The highest BCUT2D eigenvalue weighted by Gasteiger charge is 2.43. The van der Waals surface area contributed by atoms with E-state index in [1.807, 2.05) is 6.92 Å². The Morgan fingerprint density at radius 1 is 1.45 bits per heavy atom. The molecule has 0 unspecified atom stereocenters. The number of thiazole rings is 1. The Balaban J connectivity index is 1.42. The average Bonchev–Trinajstić information content (AvgIpc) is 3.02. The average molecular weight is 296 g/mol. The Labute approximate surface area is 124 Å². The minimum atomic E-state index is -0.268. The second-order valence-electron chi connectivity index (χ2n) is 6.13. The van der Waals surface area contributed by atoms with Gasteiger partial charge >= 0.3 is 0 Å². The molecule has 4 nitrogen and oxygen atoms in total. The van der Waals surface area contributed by atoms with Gasteiger partial charge in [0, 0.05) is 31.3 Å². The van der Waals surface area contributed by atoms with Gasteiger partial charge in [0.2, 0.25) is 0 Å². The van der Waals surface area contributed by atoms with Gasteiger partial charge in [0.1, 0.15) is 0 Å². The predicted molar refractivity (Wildman–Crippen MR) is 79.7 cm³/mol. The monoisotopic (exact) mass is 296 g/mol. The summed E-state index contributed by atoms with van der Waals surface area (Å²) < 4.78 is 12.2. The second kappa shape index (κ2) is 6.10. The van der Waals surface area contributed by atoms with Crippen molar-refractivity contribution in [1.29, 1.82) is 0 Å². The van der Waals surface area contributed by atoms with Crippen LogP contribution in [0.3, 0.4) is 0 Å². The summed E-state index contributed by atoms with van der Waals surface area (Å²) in [6, 6.07) is 0. The Hall–Kier alpha value is -0.490. The maximum Gasteiger partial charge on any atom is 0.168 e. The van der Waals surface area contributed by atoms with Crippen LogP contribution in [-0.4, -0.2) is 30.0 Å². The molecule has 0 aromatic carbocycles. The van der Waals surface area contributed by atoms with Crippen LogP contribution in [0.5, 0.6) is 0 Å².